The van der Waals surface area contributed by atoms with Crippen molar-refractivity contribution in [3.05, 3.63) is 45.8 Å². The molecule has 150 valence electrons. The zero-order chi connectivity index (χ0) is 20.6. The van der Waals surface area contributed by atoms with Gasteiger partial charge in [0, 0.05) is 17.5 Å². The second-order valence-electron chi connectivity index (χ2n) is 8.27. The van der Waals surface area contributed by atoms with Gasteiger partial charge in [-0.25, -0.2) is 4.98 Å². The maximum atomic E-state index is 12.7. The molecule has 0 aromatic carbocycles. The summed E-state index contributed by atoms with van der Waals surface area (Å²) < 4.78 is 5.79. The number of rotatable bonds is 4. The van der Waals surface area contributed by atoms with Gasteiger partial charge in [0.25, 0.3) is 0 Å². The second-order valence-corrected chi connectivity index (χ2v) is 9.36. The predicted octanol–water partition coefficient (Wildman–Crippen LogP) is 3.33. The van der Waals surface area contributed by atoms with Crippen LogP contribution in [0.2, 0.25) is 0 Å². The quantitative estimate of drug-likeness (QED) is 0.838. The summed E-state index contributed by atoms with van der Waals surface area (Å²) in [4.78, 5) is 31.4. The molecule has 1 unspecified atom stereocenters. The first-order valence-electron chi connectivity index (χ1n) is 9.42. The van der Waals surface area contributed by atoms with E-state index in [9.17, 15) is 9.59 Å². The standard InChI is InChI=1S/C21H27N3O3S/c1-12-9-14(10-16(27-12)21(3,4)5)19-13(2)23-17(28-19)11-18(25)24-8-6-7-15(24)20(22)26/h9-10,15H,1,6-8,11H2,2-5H3,(H2,22,26). The number of primary amides is 1. The molecule has 0 saturated carbocycles. The fourth-order valence-electron chi connectivity index (χ4n) is 3.44. The summed E-state index contributed by atoms with van der Waals surface area (Å²) in [6.07, 6.45) is 5.53. The van der Waals surface area contributed by atoms with Crippen LogP contribution in [-0.4, -0.2) is 34.3 Å². The molecule has 1 atom stereocenters. The van der Waals surface area contributed by atoms with Crippen molar-refractivity contribution in [1.29, 1.82) is 0 Å². The van der Waals surface area contributed by atoms with Crippen LogP contribution in [0.25, 0.3) is 5.57 Å². The van der Waals surface area contributed by atoms with Crippen LogP contribution >= 0.6 is 11.3 Å². The van der Waals surface area contributed by atoms with Gasteiger partial charge >= 0.3 is 0 Å². The van der Waals surface area contributed by atoms with Gasteiger partial charge in [-0.1, -0.05) is 27.4 Å². The molecule has 3 rings (SSSR count). The number of aromatic nitrogens is 1. The third-order valence-corrected chi connectivity index (χ3v) is 6.10. The first-order chi connectivity index (χ1) is 13.1. The molecule has 0 aliphatic carbocycles. The fraction of sp³-hybridized carbons (Fsp3) is 0.476. The predicted molar refractivity (Wildman–Crippen MR) is 110 cm³/mol. The Morgan fingerprint density at radius 3 is 2.75 bits per heavy atom. The monoisotopic (exact) mass is 401 g/mol. The number of ether oxygens (including phenoxy) is 1. The molecule has 1 aromatic rings. The van der Waals surface area contributed by atoms with Gasteiger partial charge in [-0.3, -0.25) is 9.59 Å². The zero-order valence-corrected chi connectivity index (χ0v) is 17.7. The third-order valence-electron chi connectivity index (χ3n) is 4.89. The van der Waals surface area contributed by atoms with Crippen LogP contribution in [0.3, 0.4) is 0 Å². The Bertz CT molecular complexity index is 889. The molecule has 1 aromatic heterocycles. The highest BCUT2D eigenvalue weighted by molar-refractivity contribution is 7.13. The molecule has 28 heavy (non-hydrogen) atoms. The van der Waals surface area contributed by atoms with Crippen molar-refractivity contribution in [2.45, 2.75) is 53.0 Å². The van der Waals surface area contributed by atoms with Gasteiger partial charge in [0.2, 0.25) is 11.8 Å². The molecule has 1 saturated heterocycles. The minimum Gasteiger partial charge on any atom is -0.462 e. The summed E-state index contributed by atoms with van der Waals surface area (Å²) in [5, 5.41) is 0.733. The number of thiazole rings is 1. The SMILES string of the molecule is C=C1C=C(c2sc(CC(=O)N3CCCC3C(N)=O)nc2C)C=C(C(C)(C)C)O1. The number of nitrogens with zero attached hydrogens (tertiary/aromatic N) is 2. The van der Waals surface area contributed by atoms with Crippen molar-refractivity contribution in [1.82, 2.24) is 9.88 Å². The lowest BCUT2D eigenvalue weighted by atomic mass is 9.91. The Balaban J connectivity index is 1.82. The summed E-state index contributed by atoms with van der Waals surface area (Å²) in [6, 6.07) is -0.494. The summed E-state index contributed by atoms with van der Waals surface area (Å²) in [7, 11) is 0. The topological polar surface area (TPSA) is 85.5 Å². The van der Waals surface area contributed by atoms with Crippen LogP contribution < -0.4 is 5.73 Å². The molecular formula is C21H27N3O3S. The second kappa shape index (κ2) is 7.54. The average Bonchev–Trinajstić information content (AvgIpc) is 3.20. The summed E-state index contributed by atoms with van der Waals surface area (Å²) in [5.41, 5.74) is 7.15. The van der Waals surface area contributed by atoms with Crippen molar-refractivity contribution in [3.8, 4) is 0 Å². The minimum absolute atomic E-state index is 0.0992. The summed E-state index contributed by atoms with van der Waals surface area (Å²) in [6.45, 7) is 12.7. The van der Waals surface area contributed by atoms with E-state index in [4.69, 9.17) is 10.5 Å². The van der Waals surface area contributed by atoms with E-state index in [2.05, 4.69) is 32.3 Å². The third kappa shape index (κ3) is 4.19. The molecule has 2 aliphatic rings. The Hall–Kier alpha value is -2.41. The number of amides is 2. The number of hydrogen-bond acceptors (Lipinski definition) is 5. The molecule has 6 nitrogen and oxygen atoms in total. The minimum atomic E-state index is -0.494. The maximum Gasteiger partial charge on any atom is 0.240 e. The van der Waals surface area contributed by atoms with E-state index in [1.165, 1.54) is 11.3 Å². The van der Waals surface area contributed by atoms with Gasteiger partial charge in [-0.15, -0.1) is 11.3 Å². The van der Waals surface area contributed by atoms with E-state index in [0.29, 0.717) is 18.7 Å². The van der Waals surface area contributed by atoms with E-state index in [-0.39, 0.29) is 17.7 Å². The fourth-order valence-corrected chi connectivity index (χ4v) is 4.49. The number of carbonyl (C=O) groups is 2. The molecular weight excluding hydrogens is 374 g/mol. The molecule has 2 aliphatic heterocycles. The van der Waals surface area contributed by atoms with Crippen molar-refractivity contribution in [2.24, 2.45) is 11.1 Å². The van der Waals surface area contributed by atoms with E-state index >= 15 is 0 Å². The highest BCUT2D eigenvalue weighted by atomic mass is 32.1. The Morgan fingerprint density at radius 1 is 1.39 bits per heavy atom. The molecule has 7 heteroatoms. The Morgan fingerprint density at radius 2 is 2.11 bits per heavy atom. The van der Waals surface area contributed by atoms with Crippen molar-refractivity contribution in [2.75, 3.05) is 6.54 Å². The molecule has 3 heterocycles. The first-order valence-corrected chi connectivity index (χ1v) is 10.2. The van der Waals surface area contributed by atoms with Crippen molar-refractivity contribution < 1.29 is 14.3 Å². The molecule has 1 fully saturated rings. The van der Waals surface area contributed by atoms with Crippen molar-refractivity contribution in [3.63, 3.8) is 0 Å². The van der Waals surface area contributed by atoms with E-state index < -0.39 is 11.9 Å². The maximum absolute atomic E-state index is 12.7. The van der Waals surface area contributed by atoms with E-state index in [0.717, 1.165) is 33.3 Å². The van der Waals surface area contributed by atoms with Crippen LogP contribution in [0.1, 0.15) is 49.2 Å². The highest BCUT2D eigenvalue weighted by Crippen LogP contribution is 2.38. The van der Waals surface area contributed by atoms with Gasteiger partial charge in [-0.05, 0) is 31.9 Å². The van der Waals surface area contributed by atoms with Crippen LogP contribution in [0.4, 0.5) is 0 Å². The lowest BCUT2D eigenvalue weighted by Gasteiger charge is -2.26. The van der Waals surface area contributed by atoms with Gasteiger partial charge in [-0.2, -0.15) is 0 Å². The normalized spacial score (nSPS) is 19.9. The Kier molecular flexibility index (Phi) is 5.48. The first kappa shape index (κ1) is 20.3. The molecule has 0 bridgehead atoms. The molecule has 2 N–H and O–H groups in total. The number of allylic oxidation sites excluding steroid dienone is 4. The lowest BCUT2D eigenvalue weighted by molar-refractivity contribution is -0.136. The van der Waals surface area contributed by atoms with Gasteiger partial charge in [0.15, 0.2) is 0 Å². The smallest absolute Gasteiger partial charge is 0.240 e. The van der Waals surface area contributed by atoms with Gasteiger partial charge in [0.1, 0.15) is 22.6 Å². The highest BCUT2D eigenvalue weighted by Gasteiger charge is 2.33. The van der Waals surface area contributed by atoms with E-state index in [1.54, 1.807) is 4.90 Å². The number of likely N-dealkylation sites (tertiary alicyclic amines) is 1. The number of aryl methyl sites for hydroxylation is 1. The zero-order valence-electron chi connectivity index (χ0n) is 16.9. The average molecular weight is 402 g/mol. The molecule has 0 radical (unpaired) electrons. The molecule has 2 amide bonds. The van der Waals surface area contributed by atoms with Crippen LogP contribution in [-0.2, 0) is 20.7 Å². The van der Waals surface area contributed by atoms with Gasteiger partial charge in [0.05, 0.1) is 17.0 Å². The largest absolute Gasteiger partial charge is 0.462 e. The Labute approximate surface area is 169 Å². The lowest BCUT2D eigenvalue weighted by Crippen LogP contribution is -2.44. The molecule has 0 spiro atoms. The van der Waals surface area contributed by atoms with Crippen molar-refractivity contribution >= 4 is 28.7 Å². The van der Waals surface area contributed by atoms with Gasteiger partial charge < -0.3 is 15.4 Å². The van der Waals surface area contributed by atoms with Crippen LogP contribution in [0, 0.1) is 12.3 Å². The number of nitrogens with two attached hydrogens (primary N) is 1. The number of carbonyl (C=O) groups excluding carboxylic acids is 2. The van der Waals surface area contributed by atoms with E-state index in [1.807, 2.05) is 19.1 Å². The summed E-state index contributed by atoms with van der Waals surface area (Å²) in [5.74, 6) is 0.904. The van der Waals surface area contributed by atoms with Crippen LogP contribution in [0.15, 0.2) is 30.2 Å². The van der Waals surface area contributed by atoms with Crippen LogP contribution in [0.5, 0.6) is 0 Å². The summed E-state index contributed by atoms with van der Waals surface area (Å²) >= 11 is 1.49. The number of hydrogen-bond donors (Lipinski definition) is 1.